The molecule has 0 aromatic heterocycles. The first-order valence-corrected chi connectivity index (χ1v) is 28.3. The van der Waals surface area contributed by atoms with Crippen LogP contribution < -0.4 is 31.8 Å². The van der Waals surface area contributed by atoms with Gasteiger partial charge < -0.3 is 9.47 Å². The molecule has 0 unspecified atom stereocenters. The molecule has 2 aliphatic carbocycles. The number of benzene rings is 6. The molecule has 0 spiro atoms. The van der Waals surface area contributed by atoms with E-state index < -0.39 is 13.8 Å². The number of carbonyl (C=O) groups is 2. The molecule has 8 rings (SSSR count). The third-order valence-electron chi connectivity index (χ3n) is 14.5. The Morgan fingerprint density at radius 2 is 0.761 bits per heavy atom. The number of carbonyl (C=O) groups excluding carboxylic acids is 2. The van der Waals surface area contributed by atoms with Crippen LogP contribution in [0.1, 0.15) is 87.0 Å². The Balaban J connectivity index is 0.000000199. The molecule has 6 atom stereocenters. The van der Waals surface area contributed by atoms with Gasteiger partial charge in [0.2, 0.25) is 0 Å². The fourth-order valence-electron chi connectivity index (χ4n) is 10.8. The lowest BCUT2D eigenvalue weighted by atomic mass is 9.75. The summed E-state index contributed by atoms with van der Waals surface area (Å²) < 4.78 is 12.7. The highest BCUT2D eigenvalue weighted by atomic mass is 31.2. The molecule has 0 radical (unpaired) electrons. The first-order valence-electron chi connectivity index (χ1n) is 24.7. The Hall–Kier alpha value is -5.14. The van der Waals surface area contributed by atoms with E-state index in [1.807, 2.05) is 49.1 Å². The second-order valence-corrected chi connectivity index (χ2v) is 26.5. The summed E-state index contributed by atoms with van der Waals surface area (Å²) in [5.41, 5.74) is 0. The molecule has 0 saturated heterocycles. The van der Waals surface area contributed by atoms with Crippen LogP contribution in [0, 0.1) is 35.5 Å². The minimum Gasteiger partial charge on any atom is -0.459 e. The summed E-state index contributed by atoms with van der Waals surface area (Å²) in [7, 11) is 0. The zero-order valence-corrected chi connectivity index (χ0v) is 42.6. The Morgan fingerprint density at radius 3 is 1.07 bits per heavy atom. The monoisotopic (exact) mass is 930 g/mol. The molecule has 0 bridgehead atoms. The molecule has 0 heterocycles. The van der Waals surface area contributed by atoms with Crippen LogP contribution in [0.25, 0.3) is 0 Å². The van der Waals surface area contributed by atoms with Gasteiger partial charge in [-0.25, -0.2) is 9.59 Å². The van der Waals surface area contributed by atoms with Crippen molar-refractivity contribution in [2.24, 2.45) is 35.5 Å². The van der Waals surface area contributed by atoms with Crippen molar-refractivity contribution in [1.29, 1.82) is 0 Å². The molecular weight excluding hydrogens is 859 g/mol. The van der Waals surface area contributed by atoms with Gasteiger partial charge in [0.25, 0.3) is 0 Å². The van der Waals surface area contributed by atoms with Crippen molar-refractivity contribution in [2.45, 2.75) is 99.2 Å². The maximum atomic E-state index is 14.0. The van der Waals surface area contributed by atoms with Crippen LogP contribution in [0.4, 0.5) is 0 Å². The third-order valence-corrected chi connectivity index (χ3v) is 22.8. The van der Waals surface area contributed by atoms with Crippen molar-refractivity contribution in [1.82, 2.24) is 0 Å². The molecule has 6 heteroatoms. The van der Waals surface area contributed by atoms with Crippen LogP contribution in [0.15, 0.2) is 182 Å². The van der Waals surface area contributed by atoms with Gasteiger partial charge in [0, 0.05) is 11.1 Å². The molecule has 0 N–H and O–H groups in total. The maximum absolute atomic E-state index is 14.0. The normalized spacial score (nSPS) is 20.8. The van der Waals surface area contributed by atoms with E-state index in [1.54, 1.807) is 0 Å². The second-order valence-electron chi connectivity index (χ2n) is 19.7. The van der Waals surface area contributed by atoms with E-state index in [0.717, 1.165) is 46.9 Å². The topological polar surface area (TPSA) is 52.6 Å². The highest BCUT2D eigenvalue weighted by Gasteiger charge is 2.38. The zero-order chi connectivity index (χ0) is 47.4. The lowest BCUT2D eigenvalue weighted by Gasteiger charge is -2.37. The van der Waals surface area contributed by atoms with Gasteiger partial charge in [-0.15, -0.1) is 0 Å². The van der Waals surface area contributed by atoms with Crippen LogP contribution in [-0.4, -0.2) is 35.2 Å². The molecule has 350 valence electrons. The van der Waals surface area contributed by atoms with Gasteiger partial charge in [-0.3, -0.25) is 0 Å². The van der Waals surface area contributed by atoms with Crippen LogP contribution in [0.2, 0.25) is 0 Å². The summed E-state index contributed by atoms with van der Waals surface area (Å²) in [4.78, 5) is 27.7. The van der Waals surface area contributed by atoms with Crippen molar-refractivity contribution in [3.63, 3.8) is 0 Å². The van der Waals surface area contributed by atoms with E-state index in [9.17, 15) is 9.59 Å². The lowest BCUT2D eigenvalue weighted by Crippen LogP contribution is -2.39. The molecular formula is C61H72O4P2. The molecule has 0 aliphatic heterocycles. The first kappa shape index (κ1) is 49.8. The average Bonchev–Trinajstić information content (AvgIpc) is 3.35. The molecule has 4 nitrogen and oxygen atoms in total. The van der Waals surface area contributed by atoms with E-state index in [-0.39, 0.29) is 24.1 Å². The van der Waals surface area contributed by atoms with Crippen molar-refractivity contribution in [3.05, 3.63) is 182 Å². The number of rotatable bonds is 12. The summed E-state index contributed by atoms with van der Waals surface area (Å²) in [6, 6.07) is 63.0. The Morgan fingerprint density at radius 1 is 0.463 bits per heavy atom. The number of hydrogen-bond donors (Lipinski definition) is 0. The lowest BCUT2D eigenvalue weighted by molar-refractivity contribution is -0.147. The van der Waals surface area contributed by atoms with Gasteiger partial charge in [-0.05, 0) is 114 Å². The Bertz CT molecular complexity index is 2390. The van der Waals surface area contributed by atoms with Gasteiger partial charge >= 0.3 is 11.9 Å². The summed E-state index contributed by atoms with van der Waals surface area (Å²) in [5, 5.41) is 7.85. The smallest absolute Gasteiger partial charge is 0.335 e. The second kappa shape index (κ2) is 23.2. The fraction of sp³-hybridized carbons (Fsp3) is 0.344. The first-order chi connectivity index (χ1) is 32.4. The third kappa shape index (κ3) is 11.4. The Kier molecular flexibility index (Phi) is 17.3. The van der Waals surface area contributed by atoms with Gasteiger partial charge in [-0.1, -0.05) is 236 Å². The SMILES string of the molecule is CC(C(=O)O[C@@H]1C[C@H](C)CC[C@H]1C(C)C)=P(c1ccccc1)(c1ccccc1)c1ccccc1.CC(C)[C@@H]1CC[C@@H](C)C[C@H]1OC(=O)C=P(c1ccccc1)(c1ccccc1)c1ccccc1. The van der Waals surface area contributed by atoms with E-state index in [0.29, 0.717) is 35.5 Å². The Labute approximate surface area is 402 Å². The van der Waals surface area contributed by atoms with Crippen molar-refractivity contribution < 1.29 is 19.1 Å². The van der Waals surface area contributed by atoms with Gasteiger partial charge in [0.05, 0.1) is 0 Å². The number of ether oxygens (including phenoxy) is 2. The highest BCUT2D eigenvalue weighted by molar-refractivity contribution is 7.96. The molecule has 2 fully saturated rings. The highest BCUT2D eigenvalue weighted by Crippen LogP contribution is 2.47. The van der Waals surface area contributed by atoms with Crippen LogP contribution in [-0.2, 0) is 19.1 Å². The van der Waals surface area contributed by atoms with E-state index in [4.69, 9.17) is 9.47 Å². The quantitative estimate of drug-likeness (QED) is 0.0906. The largest absolute Gasteiger partial charge is 0.459 e. The van der Waals surface area contributed by atoms with Crippen LogP contribution >= 0.6 is 13.8 Å². The summed E-state index contributed by atoms with van der Waals surface area (Å²) >= 11 is 0. The molecule has 0 amide bonds. The minimum absolute atomic E-state index is 0.0123. The predicted octanol–water partition coefficient (Wildman–Crippen LogP) is 12.0. The zero-order valence-electron chi connectivity index (χ0n) is 40.8. The summed E-state index contributed by atoms with van der Waals surface area (Å²) in [6.07, 6.45) is 6.58. The predicted molar refractivity (Wildman–Crippen MR) is 289 cm³/mol. The summed E-state index contributed by atoms with van der Waals surface area (Å²) in [6.45, 7) is 10.9. The molecule has 6 aromatic carbocycles. The van der Waals surface area contributed by atoms with E-state index in [2.05, 4.69) is 187 Å². The minimum atomic E-state index is -2.38. The van der Waals surface area contributed by atoms with Crippen molar-refractivity contribution >= 4 is 68.6 Å². The number of esters is 2. The van der Waals surface area contributed by atoms with Gasteiger partial charge in [-0.2, -0.15) is 0 Å². The van der Waals surface area contributed by atoms with Gasteiger partial charge in [0.15, 0.2) is 0 Å². The van der Waals surface area contributed by atoms with Crippen LogP contribution in [0.5, 0.6) is 0 Å². The van der Waals surface area contributed by atoms with E-state index >= 15 is 0 Å². The number of hydrogen-bond acceptors (Lipinski definition) is 4. The average molecular weight is 931 g/mol. The maximum Gasteiger partial charge on any atom is 0.335 e. The fourth-order valence-corrected chi connectivity index (χ4v) is 18.7. The molecule has 67 heavy (non-hydrogen) atoms. The van der Waals surface area contributed by atoms with Crippen molar-refractivity contribution in [2.75, 3.05) is 0 Å². The standard InChI is InChI=1S/C31H37O2P.C30H35O2P/c1-23(2)29-21-20-24(3)22-30(29)33-31(32)25(4)34(26-14-8-5-9-15-26,27-16-10-6-11-17-27)28-18-12-7-13-19-28;1-23(2)28-20-19-24(3)21-29(28)32-30(31)22-33(25-13-7-4-8-14-25,26-15-9-5-10-16-26)27-17-11-6-12-18-27/h5-19,23-24,29-30H,20-22H2,1-4H3;4-18,22-24,28-29H,19-21H2,1-3H3/t24-,29+,30-;24-,28+,29-/m11/s1. The molecule has 6 aromatic rings. The van der Waals surface area contributed by atoms with E-state index in [1.165, 1.54) is 28.8 Å². The molecule has 2 aliphatic rings. The molecule has 2 saturated carbocycles. The summed E-state index contributed by atoms with van der Waals surface area (Å²) in [5.74, 6) is 4.63. The van der Waals surface area contributed by atoms with Crippen molar-refractivity contribution in [3.8, 4) is 0 Å². The van der Waals surface area contributed by atoms with Gasteiger partial charge in [0.1, 0.15) is 12.2 Å². The van der Waals surface area contributed by atoms with Crippen LogP contribution in [0.3, 0.4) is 0 Å².